The number of fused-ring (bicyclic) bond motifs is 2. The van der Waals surface area contributed by atoms with E-state index in [9.17, 15) is 4.79 Å². The highest BCUT2D eigenvalue weighted by Crippen LogP contribution is 2.37. The van der Waals surface area contributed by atoms with Gasteiger partial charge in [-0.1, -0.05) is 30.9 Å². The number of amides is 1. The highest BCUT2D eigenvalue weighted by molar-refractivity contribution is 6.30. The van der Waals surface area contributed by atoms with E-state index in [1.165, 1.54) is 32.1 Å². The lowest BCUT2D eigenvalue weighted by Crippen LogP contribution is -2.49. The Kier molecular flexibility index (Phi) is 3.77. The smallest absolute Gasteiger partial charge is 0.264 e. The minimum absolute atomic E-state index is 0.163. The van der Waals surface area contributed by atoms with Gasteiger partial charge >= 0.3 is 0 Å². The predicted molar refractivity (Wildman–Crippen MR) is 86.2 cm³/mol. The quantitative estimate of drug-likeness (QED) is 0.790. The first kappa shape index (κ1) is 14.4. The first-order valence-corrected chi connectivity index (χ1v) is 8.82. The number of carbonyl (C=O) groups excluding carboxylic acids is 1. The second-order valence-corrected chi connectivity index (χ2v) is 7.38. The van der Waals surface area contributed by atoms with Gasteiger partial charge in [0.2, 0.25) is 0 Å². The van der Waals surface area contributed by atoms with Crippen molar-refractivity contribution in [1.29, 1.82) is 0 Å². The fourth-order valence-corrected chi connectivity index (χ4v) is 4.55. The first-order valence-electron chi connectivity index (χ1n) is 8.44. The highest BCUT2D eigenvalue weighted by atomic mass is 35.5. The maximum Gasteiger partial charge on any atom is 0.264 e. The van der Waals surface area contributed by atoms with Gasteiger partial charge in [0, 0.05) is 24.5 Å². The summed E-state index contributed by atoms with van der Waals surface area (Å²) >= 11 is 6.02. The summed E-state index contributed by atoms with van der Waals surface area (Å²) in [7, 11) is 0. The molecule has 0 N–H and O–H groups in total. The van der Waals surface area contributed by atoms with Crippen molar-refractivity contribution in [2.75, 3.05) is 13.1 Å². The molecule has 3 atom stereocenters. The van der Waals surface area contributed by atoms with Gasteiger partial charge in [0.05, 0.1) is 0 Å². The molecule has 0 unspecified atom stereocenters. The van der Waals surface area contributed by atoms with Crippen LogP contribution in [-0.2, 0) is 11.2 Å². The summed E-state index contributed by atoms with van der Waals surface area (Å²) in [5.41, 5.74) is 1.05. The van der Waals surface area contributed by atoms with Crippen molar-refractivity contribution >= 4 is 17.5 Å². The standard InChI is InChI=1S/C18H22ClNO2/c19-15-5-6-16-14(9-15)10-17(22-16)18(21)20-8-7-12-3-1-2-4-13(12)11-20/h5-6,9,12-13,17H,1-4,7-8,10-11H2/t12-,13+,17+/m0/s1. The van der Waals surface area contributed by atoms with Gasteiger partial charge in [0.25, 0.3) is 5.91 Å². The molecule has 1 aliphatic carbocycles. The van der Waals surface area contributed by atoms with E-state index in [2.05, 4.69) is 0 Å². The third kappa shape index (κ3) is 2.60. The fraction of sp³-hybridized carbons (Fsp3) is 0.611. The molecule has 3 nitrogen and oxygen atoms in total. The summed E-state index contributed by atoms with van der Waals surface area (Å²) in [5, 5.41) is 0.707. The lowest BCUT2D eigenvalue weighted by Gasteiger charge is -2.41. The number of hydrogen-bond acceptors (Lipinski definition) is 2. The molecule has 1 saturated carbocycles. The minimum Gasteiger partial charge on any atom is -0.480 e. The number of nitrogens with zero attached hydrogens (tertiary/aromatic N) is 1. The summed E-state index contributed by atoms with van der Waals surface area (Å²) in [6.45, 7) is 1.83. The van der Waals surface area contributed by atoms with Gasteiger partial charge in [-0.3, -0.25) is 4.79 Å². The third-order valence-corrected chi connectivity index (χ3v) is 5.81. The van der Waals surface area contributed by atoms with E-state index in [0.29, 0.717) is 17.4 Å². The first-order chi connectivity index (χ1) is 10.7. The van der Waals surface area contributed by atoms with Crippen LogP contribution < -0.4 is 4.74 Å². The predicted octanol–water partition coefficient (Wildman–Crippen LogP) is 3.68. The van der Waals surface area contributed by atoms with Crippen LogP contribution in [0.25, 0.3) is 0 Å². The van der Waals surface area contributed by atoms with Crippen molar-refractivity contribution in [2.24, 2.45) is 11.8 Å². The summed E-state index contributed by atoms with van der Waals surface area (Å²) in [6, 6.07) is 5.61. The summed E-state index contributed by atoms with van der Waals surface area (Å²) in [4.78, 5) is 14.8. The van der Waals surface area contributed by atoms with Crippen molar-refractivity contribution < 1.29 is 9.53 Å². The molecule has 0 radical (unpaired) electrons. The van der Waals surface area contributed by atoms with Crippen molar-refractivity contribution in [1.82, 2.24) is 4.90 Å². The number of hydrogen-bond donors (Lipinski definition) is 0. The van der Waals surface area contributed by atoms with Crippen LogP contribution in [0.2, 0.25) is 5.02 Å². The summed E-state index contributed by atoms with van der Waals surface area (Å²) in [5.74, 6) is 2.54. The van der Waals surface area contributed by atoms with E-state index in [1.807, 2.05) is 23.1 Å². The van der Waals surface area contributed by atoms with Gasteiger partial charge in [-0.15, -0.1) is 0 Å². The maximum absolute atomic E-state index is 12.8. The van der Waals surface area contributed by atoms with Crippen LogP contribution in [0, 0.1) is 11.8 Å². The molecule has 4 heteroatoms. The Balaban J connectivity index is 1.43. The van der Waals surface area contributed by atoms with E-state index in [4.69, 9.17) is 16.3 Å². The molecule has 1 aromatic rings. The van der Waals surface area contributed by atoms with Crippen LogP contribution in [0.4, 0.5) is 0 Å². The normalized spacial score (nSPS) is 30.4. The number of likely N-dealkylation sites (tertiary alicyclic amines) is 1. The van der Waals surface area contributed by atoms with Crippen molar-refractivity contribution in [2.45, 2.75) is 44.6 Å². The average molecular weight is 320 g/mol. The van der Waals surface area contributed by atoms with E-state index in [1.54, 1.807) is 0 Å². The third-order valence-electron chi connectivity index (χ3n) is 5.58. The average Bonchev–Trinajstić information content (AvgIpc) is 2.96. The Morgan fingerprint density at radius 1 is 1.18 bits per heavy atom. The number of ether oxygens (including phenoxy) is 1. The van der Waals surface area contributed by atoms with Crippen molar-refractivity contribution in [3.05, 3.63) is 28.8 Å². The molecule has 0 aromatic heterocycles. The maximum atomic E-state index is 12.8. The summed E-state index contributed by atoms with van der Waals surface area (Å²) < 4.78 is 5.86. The number of piperidine rings is 1. The van der Waals surface area contributed by atoms with E-state index >= 15 is 0 Å². The topological polar surface area (TPSA) is 29.5 Å². The van der Waals surface area contributed by atoms with Gasteiger partial charge in [-0.2, -0.15) is 0 Å². The Hall–Kier alpha value is -1.22. The monoisotopic (exact) mass is 319 g/mol. The molecule has 1 aromatic carbocycles. The van der Waals surface area contributed by atoms with Crippen LogP contribution in [0.3, 0.4) is 0 Å². The van der Waals surface area contributed by atoms with Crippen LogP contribution >= 0.6 is 11.6 Å². The van der Waals surface area contributed by atoms with Crippen LogP contribution in [0.1, 0.15) is 37.7 Å². The van der Waals surface area contributed by atoms with Crippen LogP contribution in [0.15, 0.2) is 18.2 Å². The van der Waals surface area contributed by atoms with Crippen molar-refractivity contribution in [3.8, 4) is 5.75 Å². The number of halogens is 1. The van der Waals surface area contributed by atoms with Crippen LogP contribution in [-0.4, -0.2) is 30.0 Å². The SMILES string of the molecule is O=C([C@H]1Cc2cc(Cl)ccc2O1)N1CC[C@@H]2CCCC[C@@H]2C1. The molecule has 1 saturated heterocycles. The van der Waals surface area contributed by atoms with Crippen molar-refractivity contribution in [3.63, 3.8) is 0 Å². The second kappa shape index (κ2) is 5.77. The molecule has 0 spiro atoms. The zero-order chi connectivity index (χ0) is 15.1. The molecule has 118 valence electrons. The Morgan fingerprint density at radius 3 is 2.86 bits per heavy atom. The largest absolute Gasteiger partial charge is 0.480 e. The Labute approximate surface area is 136 Å². The molecule has 4 rings (SSSR count). The van der Waals surface area contributed by atoms with Gasteiger partial charge < -0.3 is 9.64 Å². The van der Waals surface area contributed by atoms with E-state index < -0.39 is 0 Å². The molecule has 2 fully saturated rings. The zero-order valence-corrected chi connectivity index (χ0v) is 13.5. The van der Waals surface area contributed by atoms with E-state index in [-0.39, 0.29) is 12.0 Å². The lowest BCUT2D eigenvalue weighted by atomic mass is 9.75. The molecule has 1 amide bonds. The highest BCUT2D eigenvalue weighted by Gasteiger charge is 2.37. The molecular weight excluding hydrogens is 298 g/mol. The minimum atomic E-state index is -0.353. The van der Waals surface area contributed by atoms with Crippen LogP contribution in [0.5, 0.6) is 5.75 Å². The van der Waals surface area contributed by atoms with Gasteiger partial charge in [-0.25, -0.2) is 0 Å². The number of rotatable bonds is 1. The second-order valence-electron chi connectivity index (χ2n) is 6.94. The van der Waals surface area contributed by atoms with Gasteiger partial charge in [0.15, 0.2) is 6.10 Å². The van der Waals surface area contributed by atoms with E-state index in [0.717, 1.165) is 30.3 Å². The Bertz CT molecular complexity index is 588. The number of carbonyl (C=O) groups is 1. The lowest BCUT2D eigenvalue weighted by molar-refractivity contribution is -0.141. The molecule has 3 aliphatic rings. The molecule has 2 heterocycles. The molecule has 22 heavy (non-hydrogen) atoms. The van der Waals surface area contributed by atoms with Gasteiger partial charge in [-0.05, 0) is 48.4 Å². The molecule has 0 bridgehead atoms. The Morgan fingerprint density at radius 2 is 2.00 bits per heavy atom. The molecular formula is C18H22ClNO2. The summed E-state index contributed by atoms with van der Waals surface area (Å²) in [6.07, 6.45) is 6.81. The fourth-order valence-electron chi connectivity index (χ4n) is 4.36. The molecule has 2 aliphatic heterocycles. The van der Waals surface area contributed by atoms with Gasteiger partial charge in [0.1, 0.15) is 5.75 Å². The zero-order valence-electron chi connectivity index (χ0n) is 12.8. The number of benzene rings is 1.